The lowest BCUT2D eigenvalue weighted by molar-refractivity contribution is -0.137. The van der Waals surface area contributed by atoms with Gasteiger partial charge < -0.3 is 14.6 Å². The fourth-order valence-electron chi connectivity index (χ4n) is 4.98. The van der Waals surface area contributed by atoms with Crippen LogP contribution in [0.15, 0.2) is 54.6 Å². The van der Waals surface area contributed by atoms with Gasteiger partial charge in [0.15, 0.2) is 0 Å². The SMILES string of the molecule is CCC(O)c1ccc(OC)c(-c2ccc(C)cc2CN2C(=O)O[C@H](c3cc(C)cc(C(F)(F)F)c3)[C@@H]2C)c1. The van der Waals surface area contributed by atoms with E-state index in [1.165, 1.54) is 4.90 Å². The monoisotopic (exact) mass is 527 g/mol. The van der Waals surface area contributed by atoms with Crippen LogP contribution in [0.2, 0.25) is 0 Å². The van der Waals surface area contributed by atoms with Gasteiger partial charge in [-0.1, -0.05) is 48.4 Å². The Labute approximate surface area is 220 Å². The maximum atomic E-state index is 13.4. The van der Waals surface area contributed by atoms with Gasteiger partial charge in [-0.15, -0.1) is 0 Å². The molecule has 3 aromatic carbocycles. The quantitative estimate of drug-likeness (QED) is 0.345. The molecule has 0 aromatic heterocycles. The van der Waals surface area contributed by atoms with E-state index in [4.69, 9.17) is 9.47 Å². The van der Waals surface area contributed by atoms with Crippen LogP contribution in [0.3, 0.4) is 0 Å². The molecule has 1 amide bonds. The van der Waals surface area contributed by atoms with E-state index in [1.54, 1.807) is 27.0 Å². The van der Waals surface area contributed by atoms with Gasteiger partial charge in [-0.05, 0) is 73.7 Å². The first kappa shape index (κ1) is 27.5. The van der Waals surface area contributed by atoms with Crippen molar-refractivity contribution in [2.45, 2.75) is 65.1 Å². The Hall–Kier alpha value is -3.52. The molecule has 1 aliphatic heterocycles. The first-order valence-electron chi connectivity index (χ1n) is 12.5. The molecule has 4 rings (SSSR count). The summed E-state index contributed by atoms with van der Waals surface area (Å²) in [6.45, 7) is 7.40. The number of methoxy groups -OCH3 is 1. The molecule has 202 valence electrons. The molecule has 1 heterocycles. The van der Waals surface area contributed by atoms with Crippen LogP contribution in [-0.4, -0.2) is 29.3 Å². The van der Waals surface area contributed by atoms with Crippen molar-refractivity contribution in [1.82, 2.24) is 4.90 Å². The highest BCUT2D eigenvalue weighted by Gasteiger charge is 2.41. The van der Waals surface area contributed by atoms with Crippen molar-refractivity contribution in [2.75, 3.05) is 7.11 Å². The second kappa shape index (κ2) is 10.7. The highest BCUT2D eigenvalue weighted by molar-refractivity contribution is 5.76. The summed E-state index contributed by atoms with van der Waals surface area (Å²) in [5.41, 5.74) is 4.16. The van der Waals surface area contributed by atoms with E-state index in [1.807, 2.05) is 50.2 Å². The highest BCUT2D eigenvalue weighted by Crippen LogP contribution is 2.40. The van der Waals surface area contributed by atoms with Crippen LogP contribution in [0.4, 0.5) is 18.0 Å². The lowest BCUT2D eigenvalue weighted by Crippen LogP contribution is -2.31. The average Bonchev–Trinajstić information content (AvgIpc) is 3.15. The van der Waals surface area contributed by atoms with Crippen LogP contribution < -0.4 is 4.74 Å². The van der Waals surface area contributed by atoms with Gasteiger partial charge in [-0.25, -0.2) is 4.79 Å². The number of cyclic esters (lactones) is 1. The first-order valence-corrected chi connectivity index (χ1v) is 12.5. The average molecular weight is 528 g/mol. The second-order valence-corrected chi connectivity index (χ2v) is 9.85. The summed E-state index contributed by atoms with van der Waals surface area (Å²) in [4.78, 5) is 14.5. The van der Waals surface area contributed by atoms with Crippen molar-refractivity contribution in [3.05, 3.63) is 88.0 Å². The predicted molar refractivity (Wildman–Crippen MR) is 139 cm³/mol. The summed E-state index contributed by atoms with van der Waals surface area (Å²) in [6, 6.07) is 14.7. The molecule has 1 unspecified atom stereocenters. The largest absolute Gasteiger partial charge is 0.496 e. The number of hydrogen-bond acceptors (Lipinski definition) is 4. The number of nitrogens with zero attached hydrogens (tertiary/aromatic N) is 1. The van der Waals surface area contributed by atoms with Crippen LogP contribution in [-0.2, 0) is 17.5 Å². The molecule has 0 bridgehead atoms. The van der Waals surface area contributed by atoms with E-state index < -0.39 is 36.1 Å². The molecular weight excluding hydrogens is 495 g/mol. The van der Waals surface area contributed by atoms with Crippen LogP contribution in [0.25, 0.3) is 11.1 Å². The molecule has 1 saturated heterocycles. The number of alkyl halides is 3. The molecule has 38 heavy (non-hydrogen) atoms. The van der Waals surface area contributed by atoms with Crippen LogP contribution in [0.5, 0.6) is 5.75 Å². The molecule has 3 aromatic rings. The van der Waals surface area contributed by atoms with Crippen molar-refractivity contribution in [2.24, 2.45) is 0 Å². The molecule has 8 heteroatoms. The Balaban J connectivity index is 1.71. The predicted octanol–water partition coefficient (Wildman–Crippen LogP) is 7.52. The van der Waals surface area contributed by atoms with Gasteiger partial charge in [0.25, 0.3) is 0 Å². The van der Waals surface area contributed by atoms with E-state index in [9.17, 15) is 23.1 Å². The number of aliphatic hydroxyl groups is 1. The lowest BCUT2D eigenvalue weighted by atomic mass is 9.93. The van der Waals surface area contributed by atoms with Gasteiger partial charge in [0.05, 0.1) is 31.4 Å². The molecular formula is C30H32F3NO4. The van der Waals surface area contributed by atoms with E-state index >= 15 is 0 Å². The molecule has 5 nitrogen and oxygen atoms in total. The topological polar surface area (TPSA) is 59.0 Å². The minimum absolute atomic E-state index is 0.190. The van der Waals surface area contributed by atoms with Crippen molar-refractivity contribution in [3.8, 4) is 16.9 Å². The van der Waals surface area contributed by atoms with Gasteiger partial charge >= 0.3 is 12.3 Å². The zero-order valence-corrected chi connectivity index (χ0v) is 22.1. The zero-order chi connectivity index (χ0) is 27.8. The number of halogens is 3. The molecule has 1 fully saturated rings. The lowest BCUT2D eigenvalue weighted by Gasteiger charge is -2.24. The number of ether oxygens (including phenoxy) is 2. The number of benzene rings is 3. The van der Waals surface area contributed by atoms with Crippen molar-refractivity contribution < 1.29 is 32.5 Å². The Morgan fingerprint density at radius 3 is 2.42 bits per heavy atom. The van der Waals surface area contributed by atoms with Gasteiger partial charge in [-0.3, -0.25) is 4.90 Å². The molecule has 0 spiro atoms. The minimum Gasteiger partial charge on any atom is -0.496 e. The highest BCUT2D eigenvalue weighted by atomic mass is 19.4. The summed E-state index contributed by atoms with van der Waals surface area (Å²) in [6.07, 6.45) is -6.00. The Bertz CT molecular complexity index is 1340. The number of carbonyl (C=O) groups is 1. The van der Waals surface area contributed by atoms with Crippen LogP contribution >= 0.6 is 0 Å². The van der Waals surface area contributed by atoms with Crippen LogP contribution in [0, 0.1) is 13.8 Å². The molecule has 3 atom stereocenters. The van der Waals surface area contributed by atoms with E-state index in [0.717, 1.165) is 39.9 Å². The van der Waals surface area contributed by atoms with Gasteiger partial charge in [0, 0.05) is 5.56 Å². The van der Waals surface area contributed by atoms with Crippen molar-refractivity contribution >= 4 is 6.09 Å². The number of hydrogen-bond donors (Lipinski definition) is 1. The van der Waals surface area contributed by atoms with Crippen LogP contribution in [0.1, 0.15) is 65.9 Å². The summed E-state index contributed by atoms with van der Waals surface area (Å²) in [7, 11) is 1.57. The Morgan fingerprint density at radius 1 is 1.03 bits per heavy atom. The van der Waals surface area contributed by atoms with Gasteiger partial charge in [0.2, 0.25) is 0 Å². The van der Waals surface area contributed by atoms with Gasteiger partial charge in [0.1, 0.15) is 11.9 Å². The van der Waals surface area contributed by atoms with Crippen molar-refractivity contribution in [1.29, 1.82) is 0 Å². The maximum Gasteiger partial charge on any atom is 0.416 e. The smallest absolute Gasteiger partial charge is 0.416 e. The second-order valence-electron chi connectivity index (χ2n) is 9.85. The molecule has 1 aliphatic rings. The van der Waals surface area contributed by atoms with E-state index in [0.29, 0.717) is 23.3 Å². The van der Waals surface area contributed by atoms with E-state index in [-0.39, 0.29) is 6.54 Å². The van der Waals surface area contributed by atoms with Crippen molar-refractivity contribution in [3.63, 3.8) is 0 Å². The zero-order valence-electron chi connectivity index (χ0n) is 22.1. The normalized spacial score (nSPS) is 18.4. The molecule has 0 aliphatic carbocycles. The fourth-order valence-corrected chi connectivity index (χ4v) is 4.98. The molecule has 0 saturated carbocycles. The summed E-state index contributed by atoms with van der Waals surface area (Å²) in [5, 5.41) is 10.4. The first-order chi connectivity index (χ1) is 17.9. The number of carbonyl (C=O) groups excluding carboxylic acids is 1. The number of aryl methyl sites for hydroxylation is 2. The third kappa shape index (κ3) is 5.50. The number of rotatable bonds is 7. The number of aliphatic hydroxyl groups excluding tert-OH is 1. The third-order valence-corrected chi connectivity index (χ3v) is 7.03. The van der Waals surface area contributed by atoms with E-state index in [2.05, 4.69) is 0 Å². The molecule has 0 radical (unpaired) electrons. The minimum atomic E-state index is -4.50. The summed E-state index contributed by atoms with van der Waals surface area (Å²) < 4.78 is 51.5. The molecule has 1 N–H and O–H groups in total. The fraction of sp³-hybridized carbons (Fsp3) is 0.367. The summed E-state index contributed by atoms with van der Waals surface area (Å²) >= 11 is 0. The Kier molecular flexibility index (Phi) is 7.74. The third-order valence-electron chi connectivity index (χ3n) is 7.03. The standard InChI is InChI=1S/C30H32F3NO4/c1-6-26(35)20-8-10-27(37-5)25(15-20)24-9-7-17(2)11-22(24)16-34-19(4)28(38-29(34)36)21-12-18(3)13-23(14-21)30(31,32)33/h7-15,19,26,28,35H,6,16H2,1-5H3/t19-,26?,28-/m0/s1. The Morgan fingerprint density at radius 2 is 1.76 bits per heavy atom. The summed E-state index contributed by atoms with van der Waals surface area (Å²) in [5.74, 6) is 0.622. The van der Waals surface area contributed by atoms with Gasteiger partial charge in [-0.2, -0.15) is 13.2 Å². The maximum absolute atomic E-state index is 13.4. The number of amides is 1.